The molecule has 0 atom stereocenters. The van der Waals surface area contributed by atoms with Gasteiger partial charge in [0.2, 0.25) is 0 Å². The Bertz CT molecular complexity index is 560. The van der Waals surface area contributed by atoms with Gasteiger partial charge in [0.1, 0.15) is 0 Å². The summed E-state index contributed by atoms with van der Waals surface area (Å²) in [4.78, 5) is 11.9. The average molecular weight is 679 g/mol. The van der Waals surface area contributed by atoms with Gasteiger partial charge in [-0.25, -0.2) is 0 Å². The number of hydrogen-bond acceptors (Lipinski definition) is 1. The second-order valence-corrected chi connectivity index (χ2v) is 23.9. The van der Waals surface area contributed by atoms with Crippen LogP contribution in [-0.2, 0) is 0 Å². The van der Waals surface area contributed by atoms with Gasteiger partial charge in [0, 0.05) is 0 Å². The monoisotopic (exact) mass is 679 g/mol. The Morgan fingerprint density at radius 3 is 0.574 bits per heavy atom. The summed E-state index contributed by atoms with van der Waals surface area (Å²) >= 11 is 0. The van der Waals surface area contributed by atoms with Crippen LogP contribution in [0.25, 0.3) is 0 Å². The largest absolute Gasteiger partial charge is 0.432 e. The van der Waals surface area contributed by atoms with E-state index in [0.29, 0.717) is 16.2 Å². The van der Waals surface area contributed by atoms with E-state index in [4.69, 9.17) is 0 Å². The van der Waals surface area contributed by atoms with Crippen molar-refractivity contribution in [1.29, 1.82) is 0 Å². The smallest absolute Gasteiger partial charge is 0.188 e. The fraction of sp³-hybridized carbons (Fsp3) is 1.00. The second-order valence-electron chi connectivity index (χ2n) is 20.0. The van der Waals surface area contributed by atoms with Crippen molar-refractivity contribution in [3.05, 3.63) is 0 Å². The fourth-order valence-corrected chi connectivity index (χ4v) is 10.9. The fourth-order valence-electron chi connectivity index (χ4n) is 7.42. The summed E-state index contributed by atoms with van der Waals surface area (Å²) in [6, 6.07) is 3.55. The van der Waals surface area contributed by atoms with E-state index >= 15 is 0 Å². The first-order chi connectivity index (χ1) is 22.1. The molecule has 284 valence electrons. The summed E-state index contributed by atoms with van der Waals surface area (Å²) in [6.07, 6.45) is 41.7. The molecule has 0 rings (SSSR count). The maximum atomic E-state index is 11.9. The molecule has 0 aliphatic carbocycles. The SMILES string of the molecule is CC(C)(C)CCCCCCCCCCC[Si](O)(CCCCCCCCCCCC(C)(C)C)CCCCCCCCCCCC(C)(C)C. The van der Waals surface area contributed by atoms with E-state index in [1.807, 2.05) is 0 Å². The highest BCUT2D eigenvalue weighted by molar-refractivity contribution is 6.72. The van der Waals surface area contributed by atoms with Gasteiger partial charge >= 0.3 is 0 Å². The van der Waals surface area contributed by atoms with Gasteiger partial charge in [0.25, 0.3) is 0 Å². The Balaban J connectivity index is 4.17. The molecule has 1 N–H and O–H groups in total. The van der Waals surface area contributed by atoms with Crippen LogP contribution in [0.4, 0.5) is 0 Å². The Kier molecular flexibility index (Phi) is 28.9. The molecule has 0 aromatic rings. The van der Waals surface area contributed by atoms with E-state index in [1.54, 1.807) is 0 Å². The highest BCUT2D eigenvalue weighted by atomic mass is 28.4. The van der Waals surface area contributed by atoms with Crippen molar-refractivity contribution in [1.82, 2.24) is 0 Å². The molecule has 0 spiro atoms. The van der Waals surface area contributed by atoms with Crippen molar-refractivity contribution in [2.75, 3.05) is 0 Å². The lowest BCUT2D eigenvalue weighted by atomic mass is 9.89. The van der Waals surface area contributed by atoms with Gasteiger partial charge in [-0.05, 0) is 53.6 Å². The molecule has 1 nitrogen and oxygen atoms in total. The summed E-state index contributed by atoms with van der Waals surface area (Å²) < 4.78 is 0. The zero-order valence-electron chi connectivity index (χ0n) is 34.8. The molecule has 0 bridgehead atoms. The van der Waals surface area contributed by atoms with Crippen molar-refractivity contribution in [3.8, 4) is 0 Å². The predicted octanol–water partition coefficient (Wildman–Crippen LogP) is 16.8. The van der Waals surface area contributed by atoms with Gasteiger partial charge in [0.05, 0.1) is 0 Å². The molecule has 0 aromatic carbocycles. The molecule has 2 heteroatoms. The molecule has 0 saturated heterocycles. The third-order valence-corrected chi connectivity index (χ3v) is 14.6. The molecule has 0 fully saturated rings. The third kappa shape index (κ3) is 38.8. The zero-order valence-corrected chi connectivity index (χ0v) is 35.8. The van der Waals surface area contributed by atoms with Crippen LogP contribution in [0.5, 0.6) is 0 Å². The summed E-state index contributed by atoms with van der Waals surface area (Å²) in [6.45, 7) is 21.3. The topological polar surface area (TPSA) is 20.2 Å². The van der Waals surface area contributed by atoms with E-state index in [0.717, 1.165) is 0 Å². The summed E-state index contributed by atoms with van der Waals surface area (Å²) in [5, 5.41) is 0. The first kappa shape index (κ1) is 47.2. The van der Waals surface area contributed by atoms with E-state index in [1.165, 1.54) is 211 Å². The number of unbranched alkanes of at least 4 members (excludes halogenated alkanes) is 24. The minimum Gasteiger partial charge on any atom is -0.432 e. The average Bonchev–Trinajstić information content (AvgIpc) is 2.96. The highest BCUT2D eigenvalue weighted by Gasteiger charge is 2.29. The lowest BCUT2D eigenvalue weighted by Crippen LogP contribution is -2.34. The van der Waals surface area contributed by atoms with Gasteiger partial charge in [-0.1, -0.05) is 236 Å². The summed E-state index contributed by atoms with van der Waals surface area (Å²) in [5.74, 6) is 0. The van der Waals surface area contributed by atoms with Crippen molar-refractivity contribution < 1.29 is 4.80 Å². The molecule has 0 unspecified atom stereocenters. The Hall–Kier alpha value is 0.177. The van der Waals surface area contributed by atoms with Crippen LogP contribution >= 0.6 is 0 Å². The van der Waals surface area contributed by atoms with E-state index in [9.17, 15) is 4.80 Å². The minimum atomic E-state index is -2.07. The van der Waals surface area contributed by atoms with E-state index in [2.05, 4.69) is 62.3 Å². The van der Waals surface area contributed by atoms with Gasteiger partial charge in [0.15, 0.2) is 8.32 Å². The van der Waals surface area contributed by atoms with Crippen LogP contribution in [0.1, 0.15) is 255 Å². The van der Waals surface area contributed by atoms with Crippen molar-refractivity contribution >= 4 is 8.32 Å². The molecule has 0 heterocycles. The van der Waals surface area contributed by atoms with Crippen molar-refractivity contribution in [2.45, 2.75) is 273 Å². The normalized spacial score (nSPS) is 13.1. The van der Waals surface area contributed by atoms with Gasteiger partial charge in [-0.2, -0.15) is 0 Å². The third-order valence-electron chi connectivity index (χ3n) is 10.7. The van der Waals surface area contributed by atoms with Gasteiger partial charge in [-0.15, -0.1) is 0 Å². The molecule has 0 radical (unpaired) electrons. The van der Waals surface area contributed by atoms with Crippen LogP contribution in [0.2, 0.25) is 18.1 Å². The molecule has 0 amide bonds. The Morgan fingerprint density at radius 2 is 0.404 bits per heavy atom. The quantitative estimate of drug-likeness (QED) is 0.0541. The predicted molar refractivity (Wildman–Crippen MR) is 219 cm³/mol. The van der Waals surface area contributed by atoms with Crippen LogP contribution in [0, 0.1) is 16.2 Å². The zero-order chi connectivity index (χ0) is 35.3. The molecule has 0 aliphatic rings. The van der Waals surface area contributed by atoms with E-state index in [-0.39, 0.29) is 0 Å². The standard InChI is InChI=1S/C45H94OSi/c1-43(2,3)37-31-25-19-13-10-16-22-28-34-40-47(46,41-35-29-23-17-11-14-20-26-32-38-44(4,5)6)42-36-30-24-18-12-15-21-27-33-39-45(7,8)9/h46H,10-42H2,1-9H3. The Morgan fingerprint density at radius 1 is 0.255 bits per heavy atom. The van der Waals surface area contributed by atoms with Crippen molar-refractivity contribution in [2.24, 2.45) is 16.2 Å². The summed E-state index contributed by atoms with van der Waals surface area (Å²) in [7, 11) is -2.07. The lowest BCUT2D eigenvalue weighted by Gasteiger charge is -2.25. The summed E-state index contributed by atoms with van der Waals surface area (Å²) in [5.41, 5.74) is 1.51. The molecule has 0 aliphatic heterocycles. The highest BCUT2D eigenvalue weighted by Crippen LogP contribution is 2.29. The van der Waals surface area contributed by atoms with Crippen LogP contribution in [0.3, 0.4) is 0 Å². The molecular weight excluding hydrogens is 585 g/mol. The number of rotatable bonds is 33. The van der Waals surface area contributed by atoms with Crippen LogP contribution < -0.4 is 0 Å². The van der Waals surface area contributed by atoms with Crippen LogP contribution in [0.15, 0.2) is 0 Å². The second kappa shape index (κ2) is 28.8. The molecule has 0 saturated carbocycles. The van der Waals surface area contributed by atoms with Gasteiger partial charge in [-0.3, -0.25) is 0 Å². The number of hydrogen-bond donors (Lipinski definition) is 1. The van der Waals surface area contributed by atoms with Crippen LogP contribution in [-0.4, -0.2) is 13.1 Å². The maximum Gasteiger partial charge on any atom is 0.188 e. The van der Waals surface area contributed by atoms with E-state index < -0.39 is 8.32 Å². The molecule has 0 aromatic heterocycles. The molecular formula is C45H94OSi. The molecule has 47 heavy (non-hydrogen) atoms. The van der Waals surface area contributed by atoms with Crippen molar-refractivity contribution in [3.63, 3.8) is 0 Å². The lowest BCUT2D eigenvalue weighted by molar-refractivity contribution is 0.356. The van der Waals surface area contributed by atoms with Gasteiger partial charge < -0.3 is 4.80 Å². The first-order valence-electron chi connectivity index (χ1n) is 21.8. The minimum absolute atomic E-state index is 0.502. The Labute approximate surface area is 301 Å². The first-order valence-corrected chi connectivity index (χ1v) is 24.4. The maximum absolute atomic E-state index is 11.9.